The van der Waals surface area contributed by atoms with Gasteiger partial charge in [0.1, 0.15) is 18.0 Å². The second-order valence-electron chi connectivity index (χ2n) is 5.42. The predicted molar refractivity (Wildman–Crippen MR) is 82.4 cm³/mol. The maximum absolute atomic E-state index is 4.44. The summed E-state index contributed by atoms with van der Waals surface area (Å²) in [6.07, 6.45) is 7.24. The summed E-state index contributed by atoms with van der Waals surface area (Å²) in [6.45, 7) is 5.96. The van der Waals surface area contributed by atoms with Crippen molar-refractivity contribution < 1.29 is 0 Å². The van der Waals surface area contributed by atoms with Gasteiger partial charge in [0.15, 0.2) is 0 Å². The molecule has 0 unspecified atom stereocenters. The smallest absolute Gasteiger partial charge is 0.150 e. The average molecular weight is 284 g/mol. The number of anilines is 2. The SMILES string of the molecule is Cc1cc(NC2CCN(c3nccnc3C)CC2)ncn1. The van der Waals surface area contributed by atoms with Crippen LogP contribution in [0.25, 0.3) is 0 Å². The standard InChI is InChI=1S/C15H20N6/c1-11-9-14(19-10-18-11)20-13-3-7-21(8-4-13)15-12(2)16-5-6-17-15/h5-6,9-10,13H,3-4,7-8H2,1-2H3,(H,18,19,20). The van der Waals surface area contributed by atoms with Gasteiger partial charge >= 0.3 is 0 Å². The van der Waals surface area contributed by atoms with E-state index in [4.69, 9.17) is 0 Å². The Morgan fingerprint density at radius 1 is 1.05 bits per heavy atom. The van der Waals surface area contributed by atoms with Gasteiger partial charge in [0.2, 0.25) is 0 Å². The van der Waals surface area contributed by atoms with Gasteiger partial charge < -0.3 is 10.2 Å². The predicted octanol–water partition coefficient (Wildman–Crippen LogP) is 1.96. The maximum atomic E-state index is 4.44. The van der Waals surface area contributed by atoms with Crippen molar-refractivity contribution in [2.24, 2.45) is 0 Å². The second kappa shape index (κ2) is 6.03. The van der Waals surface area contributed by atoms with Crippen LogP contribution in [-0.2, 0) is 0 Å². The summed E-state index contributed by atoms with van der Waals surface area (Å²) in [6, 6.07) is 2.44. The van der Waals surface area contributed by atoms with Crippen molar-refractivity contribution >= 4 is 11.6 Å². The summed E-state index contributed by atoms with van der Waals surface area (Å²) in [5.41, 5.74) is 1.98. The van der Waals surface area contributed by atoms with E-state index in [2.05, 4.69) is 30.2 Å². The first kappa shape index (κ1) is 13.7. The largest absolute Gasteiger partial charge is 0.367 e. The molecule has 1 N–H and O–H groups in total. The van der Waals surface area contributed by atoms with Crippen molar-refractivity contribution in [3.05, 3.63) is 36.2 Å². The van der Waals surface area contributed by atoms with Crippen LogP contribution >= 0.6 is 0 Å². The Kier molecular flexibility index (Phi) is 3.94. The molecule has 3 heterocycles. The molecule has 0 radical (unpaired) electrons. The van der Waals surface area contributed by atoms with Gasteiger partial charge in [-0.05, 0) is 26.7 Å². The molecular formula is C15H20N6. The van der Waals surface area contributed by atoms with E-state index in [9.17, 15) is 0 Å². The number of piperidine rings is 1. The van der Waals surface area contributed by atoms with E-state index in [-0.39, 0.29) is 0 Å². The minimum Gasteiger partial charge on any atom is -0.367 e. The molecule has 0 bridgehead atoms. The van der Waals surface area contributed by atoms with Crippen molar-refractivity contribution in [1.29, 1.82) is 0 Å². The van der Waals surface area contributed by atoms with Crippen molar-refractivity contribution in [3.63, 3.8) is 0 Å². The quantitative estimate of drug-likeness (QED) is 0.929. The third-order valence-electron chi connectivity index (χ3n) is 3.81. The van der Waals surface area contributed by atoms with Gasteiger partial charge in [-0.2, -0.15) is 0 Å². The van der Waals surface area contributed by atoms with Crippen LogP contribution in [0.2, 0.25) is 0 Å². The fourth-order valence-corrected chi connectivity index (χ4v) is 2.69. The summed E-state index contributed by atoms with van der Waals surface area (Å²) in [5.74, 6) is 1.92. The number of nitrogens with zero attached hydrogens (tertiary/aromatic N) is 5. The van der Waals surface area contributed by atoms with Gasteiger partial charge in [-0.25, -0.2) is 15.0 Å². The van der Waals surface area contributed by atoms with Gasteiger partial charge in [-0.1, -0.05) is 0 Å². The summed E-state index contributed by atoms with van der Waals surface area (Å²) in [7, 11) is 0. The molecule has 110 valence electrons. The number of aromatic nitrogens is 4. The van der Waals surface area contributed by atoms with E-state index in [1.54, 1.807) is 18.7 Å². The molecule has 3 rings (SSSR count). The molecule has 0 spiro atoms. The first-order valence-electron chi connectivity index (χ1n) is 7.30. The van der Waals surface area contributed by atoms with E-state index in [0.717, 1.165) is 49.0 Å². The van der Waals surface area contributed by atoms with E-state index in [1.807, 2.05) is 19.9 Å². The van der Waals surface area contributed by atoms with Crippen LogP contribution < -0.4 is 10.2 Å². The number of nitrogens with one attached hydrogen (secondary N) is 1. The molecule has 6 nitrogen and oxygen atoms in total. The molecule has 0 aliphatic carbocycles. The highest BCUT2D eigenvalue weighted by atomic mass is 15.2. The van der Waals surface area contributed by atoms with Gasteiger partial charge in [-0.3, -0.25) is 4.98 Å². The minimum absolute atomic E-state index is 0.451. The van der Waals surface area contributed by atoms with Gasteiger partial charge in [0, 0.05) is 43.3 Å². The topological polar surface area (TPSA) is 66.8 Å². The summed E-state index contributed by atoms with van der Waals surface area (Å²) >= 11 is 0. The Hall–Kier alpha value is -2.24. The van der Waals surface area contributed by atoms with Gasteiger partial charge in [0.25, 0.3) is 0 Å². The lowest BCUT2D eigenvalue weighted by molar-refractivity contribution is 0.521. The number of aryl methyl sites for hydroxylation is 2. The van der Waals surface area contributed by atoms with Crippen LogP contribution in [0.15, 0.2) is 24.8 Å². The fourth-order valence-electron chi connectivity index (χ4n) is 2.69. The Morgan fingerprint density at radius 2 is 1.81 bits per heavy atom. The van der Waals surface area contributed by atoms with E-state index >= 15 is 0 Å². The Morgan fingerprint density at radius 3 is 2.52 bits per heavy atom. The minimum atomic E-state index is 0.451. The van der Waals surface area contributed by atoms with Crippen molar-refractivity contribution in [1.82, 2.24) is 19.9 Å². The molecule has 2 aromatic heterocycles. The molecule has 0 aromatic carbocycles. The van der Waals surface area contributed by atoms with Crippen molar-refractivity contribution in [2.45, 2.75) is 32.7 Å². The van der Waals surface area contributed by atoms with Gasteiger partial charge in [-0.15, -0.1) is 0 Å². The second-order valence-corrected chi connectivity index (χ2v) is 5.42. The first-order chi connectivity index (χ1) is 10.2. The molecule has 1 saturated heterocycles. The third kappa shape index (κ3) is 3.26. The van der Waals surface area contributed by atoms with Crippen molar-refractivity contribution in [3.8, 4) is 0 Å². The zero-order valence-corrected chi connectivity index (χ0v) is 12.5. The molecule has 0 atom stereocenters. The normalized spacial score (nSPS) is 16.0. The Bertz CT molecular complexity index is 607. The highest BCUT2D eigenvalue weighted by Gasteiger charge is 2.21. The highest BCUT2D eigenvalue weighted by molar-refractivity contribution is 5.43. The van der Waals surface area contributed by atoms with Crippen LogP contribution in [0.3, 0.4) is 0 Å². The summed E-state index contributed by atoms with van der Waals surface area (Å²) < 4.78 is 0. The maximum Gasteiger partial charge on any atom is 0.150 e. The monoisotopic (exact) mass is 284 g/mol. The number of hydrogen-bond acceptors (Lipinski definition) is 6. The molecule has 6 heteroatoms. The lowest BCUT2D eigenvalue weighted by Crippen LogP contribution is -2.40. The van der Waals surface area contributed by atoms with Crippen molar-refractivity contribution in [2.75, 3.05) is 23.3 Å². The molecule has 0 saturated carbocycles. The van der Waals surface area contributed by atoms with E-state index in [1.165, 1.54) is 0 Å². The highest BCUT2D eigenvalue weighted by Crippen LogP contribution is 2.21. The Balaban J connectivity index is 1.59. The van der Waals surface area contributed by atoms with Crippen LogP contribution in [0.4, 0.5) is 11.6 Å². The zero-order valence-electron chi connectivity index (χ0n) is 12.5. The van der Waals surface area contributed by atoms with Gasteiger partial charge in [0.05, 0.1) is 5.69 Å². The summed E-state index contributed by atoms with van der Waals surface area (Å²) in [5, 5.41) is 3.49. The molecule has 1 aliphatic rings. The third-order valence-corrected chi connectivity index (χ3v) is 3.81. The van der Waals surface area contributed by atoms with Crippen LogP contribution in [-0.4, -0.2) is 39.1 Å². The fraction of sp³-hybridized carbons (Fsp3) is 0.467. The molecule has 21 heavy (non-hydrogen) atoms. The molecule has 1 aliphatic heterocycles. The lowest BCUT2D eigenvalue weighted by atomic mass is 10.0. The Labute approximate surface area is 124 Å². The van der Waals surface area contributed by atoms with E-state index in [0.29, 0.717) is 6.04 Å². The van der Waals surface area contributed by atoms with Crippen LogP contribution in [0.5, 0.6) is 0 Å². The molecule has 0 amide bonds. The number of rotatable bonds is 3. The molecular weight excluding hydrogens is 264 g/mol. The summed E-state index contributed by atoms with van der Waals surface area (Å²) in [4.78, 5) is 19.5. The average Bonchev–Trinajstić information content (AvgIpc) is 2.49. The first-order valence-corrected chi connectivity index (χ1v) is 7.30. The molecule has 1 fully saturated rings. The zero-order chi connectivity index (χ0) is 14.7. The molecule has 2 aromatic rings. The number of hydrogen-bond donors (Lipinski definition) is 1. The van der Waals surface area contributed by atoms with Crippen LogP contribution in [0.1, 0.15) is 24.2 Å². The van der Waals surface area contributed by atoms with E-state index < -0.39 is 0 Å². The lowest BCUT2D eigenvalue weighted by Gasteiger charge is -2.33. The van der Waals surface area contributed by atoms with Crippen LogP contribution in [0, 0.1) is 13.8 Å².